The van der Waals surface area contributed by atoms with E-state index in [0.717, 1.165) is 37.7 Å². The summed E-state index contributed by atoms with van der Waals surface area (Å²) in [7, 11) is 8.01. The van der Waals surface area contributed by atoms with Crippen LogP contribution in [0.25, 0.3) is 0 Å². The van der Waals surface area contributed by atoms with Crippen molar-refractivity contribution in [1.29, 1.82) is 0 Å². The van der Waals surface area contributed by atoms with Gasteiger partial charge in [0.25, 0.3) is 5.91 Å². The van der Waals surface area contributed by atoms with Gasteiger partial charge in [0.05, 0.1) is 70.2 Å². The normalized spacial score (nSPS) is 35.3. The summed E-state index contributed by atoms with van der Waals surface area (Å²) in [4.78, 5) is 72.6. The van der Waals surface area contributed by atoms with E-state index < -0.39 is 47.9 Å². The van der Waals surface area contributed by atoms with E-state index in [1.807, 2.05) is 58.1 Å². The molecule has 16 nitrogen and oxygen atoms in total. The molecule has 4 rings (SSSR count). The zero-order valence-electron chi connectivity index (χ0n) is 49.0. The van der Waals surface area contributed by atoms with Crippen LogP contribution in [0.4, 0.5) is 0 Å². The highest BCUT2D eigenvalue weighted by Gasteiger charge is 2.41. The molecule has 1 amide bonds. The molecule has 438 valence electrons. The number of rotatable bonds is 17. The number of methoxy groups -OCH3 is 5. The summed E-state index contributed by atoms with van der Waals surface area (Å²) in [6, 6.07) is -0.971. The summed E-state index contributed by atoms with van der Waals surface area (Å²) in [5.41, 5.74) is 1.69. The van der Waals surface area contributed by atoms with Crippen molar-refractivity contribution < 1.29 is 71.3 Å². The number of hydrogen-bond donors (Lipinski definition) is 0. The van der Waals surface area contributed by atoms with Gasteiger partial charge in [0.15, 0.2) is 5.78 Å². The Balaban J connectivity index is 1.65. The lowest BCUT2D eigenvalue weighted by molar-refractivity contribution is -0.166. The molecular formula is C61H99NO15. The molecule has 3 aliphatic heterocycles. The summed E-state index contributed by atoms with van der Waals surface area (Å²) in [6.07, 6.45) is 16.5. The van der Waals surface area contributed by atoms with Crippen molar-refractivity contribution in [2.24, 2.45) is 35.5 Å². The third-order valence-corrected chi connectivity index (χ3v) is 16.4. The average Bonchev–Trinajstić information content (AvgIpc) is 3.41. The van der Waals surface area contributed by atoms with Crippen LogP contribution in [0.2, 0.25) is 0 Å². The first-order valence-electron chi connectivity index (χ1n) is 28.8. The first kappa shape index (κ1) is 66.1. The summed E-state index contributed by atoms with van der Waals surface area (Å²) in [6.45, 7) is 16.8. The molecule has 0 aromatic heterocycles. The average molecular weight is 1090 g/mol. The molecule has 15 atom stereocenters. The number of nitrogens with zero attached hydrogens (tertiary/aromatic N) is 1. The van der Waals surface area contributed by atoms with E-state index in [4.69, 9.17) is 47.4 Å². The molecule has 77 heavy (non-hydrogen) atoms. The van der Waals surface area contributed by atoms with Crippen molar-refractivity contribution in [2.75, 3.05) is 81.7 Å². The number of piperidine rings is 1. The highest BCUT2D eigenvalue weighted by atomic mass is 16.6. The van der Waals surface area contributed by atoms with Crippen molar-refractivity contribution in [1.82, 2.24) is 4.90 Å². The van der Waals surface area contributed by atoms with Crippen LogP contribution in [0.5, 0.6) is 0 Å². The Morgan fingerprint density at radius 3 is 2.13 bits per heavy atom. The molecule has 4 aliphatic rings. The predicted octanol–water partition coefficient (Wildman–Crippen LogP) is 9.00. The molecule has 1 saturated carbocycles. The van der Waals surface area contributed by atoms with Gasteiger partial charge in [-0.15, -0.1) is 0 Å². The molecule has 16 heteroatoms. The standard InChI is InChI=1S/C61H99NO15/c1-40-18-14-13-15-19-41(2)54(75-33-31-73-30-28-68-8)38-48-23-21-42(3)52(76-48)26-24-50(63)60(66)62-27-17-16-20-49(62)61(67)77-55(44(5)36-47-22-25-53(56(37-47)70-10)74-32-29-69-9)39-51(64)43(4)35-46(7)58(71-11)59(72-12)57(65)45(6)34-40/h13-15,18-19,35,40,42-45,47-49,52-56,58-59H,16-17,20-34,36-39H2,1-12H3/b15-13+,18-14+,41-19+,46-35+/t40-,42-,43-,44-,45-,47+,48+,49+,52-,53-,54+,55+,56-,58-,59+/m1/s1. The molecule has 3 fully saturated rings. The molecule has 1 aliphatic carbocycles. The van der Waals surface area contributed by atoms with Crippen LogP contribution >= 0.6 is 0 Å². The molecule has 0 aromatic rings. The fraction of sp³-hybridized carbons (Fsp3) is 0.787. The largest absolute Gasteiger partial charge is 0.460 e. The Morgan fingerprint density at radius 1 is 0.701 bits per heavy atom. The van der Waals surface area contributed by atoms with Gasteiger partial charge in [-0.05, 0) is 119 Å². The molecule has 3 heterocycles. The van der Waals surface area contributed by atoms with Gasteiger partial charge in [-0.25, -0.2) is 4.79 Å². The minimum absolute atomic E-state index is 0.0172. The molecule has 0 N–H and O–H groups in total. The second kappa shape index (κ2) is 35.3. The summed E-state index contributed by atoms with van der Waals surface area (Å²) >= 11 is 0. The molecule has 2 bridgehead atoms. The molecule has 2 saturated heterocycles. The number of amides is 1. The third-order valence-electron chi connectivity index (χ3n) is 16.4. The van der Waals surface area contributed by atoms with Crippen molar-refractivity contribution in [3.63, 3.8) is 0 Å². The number of esters is 1. The van der Waals surface area contributed by atoms with Crippen LogP contribution in [-0.2, 0) is 71.3 Å². The van der Waals surface area contributed by atoms with Crippen LogP contribution in [0, 0.1) is 35.5 Å². The topological polar surface area (TPSA) is 181 Å². The third kappa shape index (κ3) is 21.5. The zero-order valence-corrected chi connectivity index (χ0v) is 49.0. The zero-order chi connectivity index (χ0) is 56.4. The number of ether oxygens (including phenoxy) is 10. The Bertz CT molecular complexity index is 1930. The number of allylic oxidation sites excluding steroid dienone is 6. The van der Waals surface area contributed by atoms with E-state index >= 15 is 0 Å². The Morgan fingerprint density at radius 2 is 1.42 bits per heavy atom. The first-order chi connectivity index (χ1) is 37.0. The lowest BCUT2D eigenvalue weighted by Crippen LogP contribution is -2.52. The van der Waals surface area contributed by atoms with Crippen molar-refractivity contribution >= 4 is 29.2 Å². The van der Waals surface area contributed by atoms with Crippen molar-refractivity contribution in [3.05, 3.63) is 47.6 Å². The van der Waals surface area contributed by atoms with Gasteiger partial charge in [-0.1, -0.05) is 71.1 Å². The SMILES string of the molecule is COCCOCCO[C@H]1C[C@@H]2CC[C@@H](C)[C@@H](CCC(=O)C(=O)N3CCCC[C@H]3C(=O)O[C@H]([C@H](C)C[C@@H]3CC[C@@H](OCCOC)[C@H](OC)C3)CC(=O)[C@H](C)/C=C(\C)[C@@H](OC)[C@@H](OC)C(=O)[C@H](C)C[C@H](C)/C=C/C=C/C=C/1C)O2. The Kier molecular flexibility index (Phi) is 30.3. The molecule has 0 aromatic carbocycles. The van der Waals surface area contributed by atoms with Crippen LogP contribution in [-0.4, -0.2) is 171 Å². The van der Waals surface area contributed by atoms with E-state index in [2.05, 4.69) is 19.9 Å². The maximum Gasteiger partial charge on any atom is 0.329 e. The fourth-order valence-electron chi connectivity index (χ4n) is 11.6. The smallest absolute Gasteiger partial charge is 0.329 e. The number of hydrogen-bond acceptors (Lipinski definition) is 15. The number of ketones is 3. The van der Waals surface area contributed by atoms with Gasteiger partial charge < -0.3 is 52.3 Å². The minimum atomic E-state index is -0.971. The van der Waals surface area contributed by atoms with Gasteiger partial charge in [0.2, 0.25) is 5.78 Å². The van der Waals surface area contributed by atoms with E-state index in [9.17, 15) is 24.0 Å². The summed E-state index contributed by atoms with van der Waals surface area (Å²) in [5.74, 6) is -2.90. The highest BCUT2D eigenvalue weighted by molar-refractivity contribution is 6.36. The molecule has 0 unspecified atom stereocenters. The number of carbonyl (C=O) groups excluding carboxylic acids is 5. The first-order valence-corrected chi connectivity index (χ1v) is 28.8. The van der Waals surface area contributed by atoms with Gasteiger partial charge in [-0.3, -0.25) is 19.2 Å². The van der Waals surface area contributed by atoms with Gasteiger partial charge in [0, 0.05) is 73.2 Å². The van der Waals surface area contributed by atoms with E-state index in [-0.39, 0.29) is 91.1 Å². The van der Waals surface area contributed by atoms with Crippen LogP contribution in [0.3, 0.4) is 0 Å². The quantitative estimate of drug-likeness (QED) is 0.0582. The minimum Gasteiger partial charge on any atom is -0.460 e. The van der Waals surface area contributed by atoms with Crippen LogP contribution < -0.4 is 0 Å². The maximum absolute atomic E-state index is 14.6. The number of cyclic esters (lactones) is 1. The maximum atomic E-state index is 14.6. The Hall–Kier alpha value is -3.45. The predicted molar refractivity (Wildman–Crippen MR) is 295 cm³/mol. The van der Waals surface area contributed by atoms with Crippen molar-refractivity contribution in [3.8, 4) is 0 Å². The van der Waals surface area contributed by atoms with E-state index in [1.54, 1.807) is 28.3 Å². The second-order valence-corrected chi connectivity index (χ2v) is 22.4. The molecule has 0 spiro atoms. The number of Topliss-reactive ketones (excluding diaryl/α,β-unsaturated/α-hetero) is 3. The number of fused-ring (bicyclic) bond motifs is 3. The lowest BCUT2D eigenvalue weighted by atomic mass is 9.78. The summed E-state index contributed by atoms with van der Waals surface area (Å²) < 4.78 is 59.5. The van der Waals surface area contributed by atoms with E-state index in [1.165, 1.54) is 19.1 Å². The number of carbonyl (C=O) groups is 5. The van der Waals surface area contributed by atoms with Gasteiger partial charge >= 0.3 is 5.97 Å². The van der Waals surface area contributed by atoms with Gasteiger partial charge in [0.1, 0.15) is 30.1 Å². The monoisotopic (exact) mass is 1090 g/mol. The second-order valence-electron chi connectivity index (χ2n) is 22.4. The van der Waals surface area contributed by atoms with Gasteiger partial charge in [-0.2, -0.15) is 0 Å². The Labute approximate surface area is 462 Å². The highest BCUT2D eigenvalue weighted by Crippen LogP contribution is 2.36. The molecule has 0 radical (unpaired) electrons. The van der Waals surface area contributed by atoms with Crippen LogP contribution in [0.1, 0.15) is 138 Å². The lowest BCUT2D eigenvalue weighted by Gasteiger charge is -2.38. The van der Waals surface area contributed by atoms with Crippen LogP contribution in [0.15, 0.2) is 47.6 Å². The fourth-order valence-corrected chi connectivity index (χ4v) is 11.6. The van der Waals surface area contributed by atoms with Crippen molar-refractivity contribution in [2.45, 2.75) is 193 Å². The molecular weight excluding hydrogens is 987 g/mol. The summed E-state index contributed by atoms with van der Waals surface area (Å²) in [5, 5.41) is 0. The van der Waals surface area contributed by atoms with E-state index in [0.29, 0.717) is 90.2 Å².